The quantitative estimate of drug-likeness (QED) is 0.372. The van der Waals surface area contributed by atoms with E-state index in [-0.39, 0.29) is 23.4 Å². The second kappa shape index (κ2) is 9.51. The van der Waals surface area contributed by atoms with Crippen LogP contribution in [0.25, 0.3) is 0 Å². The number of hydrogen-bond acceptors (Lipinski definition) is 3. The van der Waals surface area contributed by atoms with E-state index in [1.165, 1.54) is 24.3 Å². The van der Waals surface area contributed by atoms with E-state index in [1.54, 1.807) is 0 Å². The number of anilines is 1. The lowest BCUT2D eigenvalue weighted by atomic mass is 10.00. The van der Waals surface area contributed by atoms with Crippen LogP contribution in [0.15, 0.2) is 41.4 Å². The van der Waals surface area contributed by atoms with Crippen molar-refractivity contribution in [3.63, 3.8) is 0 Å². The molecular weight excluding hydrogens is 390 g/mol. The molecule has 0 saturated heterocycles. The Morgan fingerprint density at radius 1 is 1.21 bits per heavy atom. The van der Waals surface area contributed by atoms with E-state index < -0.39 is 29.1 Å². The largest absolute Gasteiger partial charge is 0.478 e. The van der Waals surface area contributed by atoms with Crippen molar-refractivity contribution in [1.29, 1.82) is 0 Å². The molecule has 0 radical (unpaired) electrons. The maximum absolute atomic E-state index is 13.7. The van der Waals surface area contributed by atoms with Gasteiger partial charge in [0, 0.05) is 0 Å². The number of halogens is 4. The maximum Gasteiger partial charge on any atom is 0.416 e. The van der Waals surface area contributed by atoms with Gasteiger partial charge in [-0.15, -0.1) is 0 Å². The Kier molecular flexibility index (Phi) is 7.33. The number of alkyl halides is 3. The molecule has 0 amide bonds. The van der Waals surface area contributed by atoms with Crippen molar-refractivity contribution in [2.75, 3.05) is 26.0 Å². The van der Waals surface area contributed by atoms with Gasteiger partial charge in [0.25, 0.3) is 0 Å². The molecule has 0 saturated carbocycles. The van der Waals surface area contributed by atoms with Gasteiger partial charge in [-0.25, -0.2) is 14.2 Å². The molecule has 0 heterocycles. The van der Waals surface area contributed by atoms with E-state index >= 15 is 0 Å². The molecule has 0 unspecified atom stereocenters. The van der Waals surface area contributed by atoms with Gasteiger partial charge in [0.15, 0.2) is 0 Å². The van der Waals surface area contributed by atoms with Crippen LogP contribution in [-0.2, 0) is 12.6 Å². The second-order valence-electron chi connectivity index (χ2n) is 6.58. The Bertz CT molecular complexity index is 896. The topological polar surface area (TPSA) is 64.9 Å². The fourth-order valence-corrected chi connectivity index (χ4v) is 2.83. The standard InChI is InChI=1S/C20H21F4N3O2/c1-27(2)11-5-6-13-14(20(22,23)24)7-3-9-16(13)25-12-26-17-10-4-8-15(21)18(17)19(28)29/h3-4,7-10,12H,5-6,11H2,1-2H3,(H,25,26)(H,28,29). The third-order valence-corrected chi connectivity index (χ3v) is 4.14. The molecule has 5 nitrogen and oxygen atoms in total. The van der Waals surface area contributed by atoms with Crippen LogP contribution in [0.4, 0.5) is 28.9 Å². The molecule has 2 aromatic carbocycles. The molecule has 0 spiro atoms. The highest BCUT2D eigenvalue weighted by molar-refractivity contribution is 5.97. The number of rotatable bonds is 8. The number of nitrogens with zero attached hydrogens (tertiary/aromatic N) is 2. The smallest absolute Gasteiger partial charge is 0.416 e. The third-order valence-electron chi connectivity index (χ3n) is 4.14. The van der Waals surface area contributed by atoms with Crippen molar-refractivity contribution >= 4 is 23.7 Å². The predicted molar refractivity (Wildman–Crippen MR) is 103 cm³/mol. The highest BCUT2D eigenvalue weighted by atomic mass is 19.4. The van der Waals surface area contributed by atoms with E-state index in [1.807, 2.05) is 19.0 Å². The monoisotopic (exact) mass is 411 g/mol. The normalized spacial score (nSPS) is 12.0. The Morgan fingerprint density at radius 3 is 2.52 bits per heavy atom. The van der Waals surface area contributed by atoms with Crippen LogP contribution in [0.5, 0.6) is 0 Å². The van der Waals surface area contributed by atoms with Gasteiger partial charge in [-0.05, 0) is 63.3 Å². The lowest BCUT2D eigenvalue weighted by Crippen LogP contribution is -2.15. The van der Waals surface area contributed by atoms with Crippen molar-refractivity contribution < 1.29 is 27.5 Å². The van der Waals surface area contributed by atoms with E-state index in [4.69, 9.17) is 5.11 Å². The lowest BCUT2D eigenvalue weighted by Gasteiger charge is -2.16. The lowest BCUT2D eigenvalue weighted by molar-refractivity contribution is -0.138. The first-order valence-corrected chi connectivity index (χ1v) is 8.76. The number of benzene rings is 2. The van der Waals surface area contributed by atoms with Crippen LogP contribution in [0, 0.1) is 5.82 Å². The zero-order valence-electron chi connectivity index (χ0n) is 15.9. The summed E-state index contributed by atoms with van der Waals surface area (Å²) in [5.74, 6) is -2.40. The van der Waals surface area contributed by atoms with Gasteiger partial charge in [0.05, 0.1) is 23.3 Å². The molecule has 9 heteroatoms. The maximum atomic E-state index is 13.7. The summed E-state index contributed by atoms with van der Waals surface area (Å²) in [4.78, 5) is 17.1. The fraction of sp³-hybridized carbons (Fsp3) is 0.300. The average molecular weight is 411 g/mol. The van der Waals surface area contributed by atoms with Gasteiger partial charge in [-0.2, -0.15) is 13.2 Å². The molecule has 0 aliphatic rings. The van der Waals surface area contributed by atoms with Crippen LogP contribution in [0.1, 0.15) is 27.9 Å². The van der Waals surface area contributed by atoms with Gasteiger partial charge in [-0.1, -0.05) is 12.1 Å². The van der Waals surface area contributed by atoms with Crippen LogP contribution in [0.2, 0.25) is 0 Å². The van der Waals surface area contributed by atoms with Crippen LogP contribution < -0.4 is 5.32 Å². The highest BCUT2D eigenvalue weighted by Crippen LogP contribution is 2.36. The van der Waals surface area contributed by atoms with Crippen molar-refractivity contribution in [3.05, 3.63) is 58.9 Å². The Labute approximate surface area is 165 Å². The minimum atomic E-state index is -4.52. The summed E-state index contributed by atoms with van der Waals surface area (Å²) >= 11 is 0. The van der Waals surface area contributed by atoms with Crippen LogP contribution in [-0.4, -0.2) is 43.0 Å². The molecule has 0 fully saturated rings. The van der Waals surface area contributed by atoms with E-state index in [2.05, 4.69) is 10.3 Å². The summed E-state index contributed by atoms with van der Waals surface area (Å²) in [6.45, 7) is 0.610. The van der Waals surface area contributed by atoms with Crippen molar-refractivity contribution in [2.45, 2.75) is 19.0 Å². The Morgan fingerprint density at radius 2 is 1.90 bits per heavy atom. The molecule has 156 valence electrons. The summed E-state index contributed by atoms with van der Waals surface area (Å²) in [5, 5.41) is 11.7. The average Bonchev–Trinajstić information content (AvgIpc) is 2.61. The summed E-state index contributed by atoms with van der Waals surface area (Å²) in [6.07, 6.45) is -2.79. The van der Waals surface area contributed by atoms with Crippen molar-refractivity contribution in [1.82, 2.24) is 4.90 Å². The number of carboxylic acid groups (broad SMARTS) is 1. The van der Waals surface area contributed by atoms with Crippen molar-refractivity contribution in [3.8, 4) is 0 Å². The summed E-state index contributed by atoms with van der Waals surface area (Å²) in [5.41, 5.74) is -1.23. The Balaban J connectivity index is 2.32. The molecule has 0 aromatic heterocycles. The van der Waals surface area contributed by atoms with Crippen LogP contribution in [0.3, 0.4) is 0 Å². The minimum Gasteiger partial charge on any atom is -0.478 e. The summed E-state index contributed by atoms with van der Waals surface area (Å²) in [7, 11) is 3.66. The fourth-order valence-electron chi connectivity index (χ4n) is 2.83. The molecule has 0 aliphatic heterocycles. The van der Waals surface area contributed by atoms with Gasteiger partial charge < -0.3 is 15.3 Å². The van der Waals surface area contributed by atoms with E-state index in [0.717, 1.165) is 18.5 Å². The van der Waals surface area contributed by atoms with Gasteiger partial charge in [0.1, 0.15) is 11.4 Å². The molecule has 2 aromatic rings. The first-order chi connectivity index (χ1) is 13.6. The number of carbonyl (C=O) groups is 1. The van der Waals surface area contributed by atoms with E-state index in [0.29, 0.717) is 13.0 Å². The minimum absolute atomic E-state index is 0.0533. The molecule has 0 atom stereocenters. The SMILES string of the molecule is CN(C)CCCc1c(N=CNc2cccc(F)c2C(=O)O)cccc1C(F)(F)F. The molecule has 29 heavy (non-hydrogen) atoms. The molecule has 2 N–H and O–H groups in total. The number of nitrogens with one attached hydrogen (secondary N) is 1. The number of carboxylic acids is 1. The number of aliphatic imine (C=N–C) groups is 1. The van der Waals surface area contributed by atoms with Gasteiger partial charge in [0.2, 0.25) is 0 Å². The van der Waals surface area contributed by atoms with Crippen molar-refractivity contribution in [2.24, 2.45) is 4.99 Å². The second-order valence-corrected chi connectivity index (χ2v) is 6.58. The first kappa shape index (κ1) is 22.4. The zero-order valence-corrected chi connectivity index (χ0v) is 15.9. The third kappa shape index (κ3) is 6.02. The van der Waals surface area contributed by atoms with Crippen LogP contribution >= 0.6 is 0 Å². The molecular formula is C20H21F4N3O2. The predicted octanol–water partition coefficient (Wildman–Crippen LogP) is 4.81. The van der Waals surface area contributed by atoms with Gasteiger partial charge in [-0.3, -0.25) is 0 Å². The molecule has 2 rings (SSSR count). The number of aromatic carboxylic acids is 1. The van der Waals surface area contributed by atoms with E-state index in [9.17, 15) is 22.4 Å². The summed E-state index contributed by atoms with van der Waals surface area (Å²) < 4.78 is 53.9. The molecule has 0 bridgehead atoms. The van der Waals surface area contributed by atoms with Gasteiger partial charge >= 0.3 is 12.1 Å². The summed E-state index contributed by atoms with van der Waals surface area (Å²) in [6, 6.07) is 7.36. The highest BCUT2D eigenvalue weighted by Gasteiger charge is 2.33. The molecule has 0 aliphatic carbocycles. The zero-order chi connectivity index (χ0) is 21.6. The Hall–Kier alpha value is -2.94. The first-order valence-electron chi connectivity index (χ1n) is 8.76. The number of hydrogen-bond donors (Lipinski definition) is 2.